The molecule has 0 radical (unpaired) electrons. The van der Waals surface area contributed by atoms with Gasteiger partial charge in [-0.3, -0.25) is 4.79 Å². The first-order valence-electron chi connectivity index (χ1n) is 9.41. The van der Waals surface area contributed by atoms with Crippen LogP contribution in [0.25, 0.3) is 0 Å². The van der Waals surface area contributed by atoms with Crippen LogP contribution >= 0.6 is 11.3 Å². The van der Waals surface area contributed by atoms with E-state index >= 15 is 0 Å². The molecule has 4 nitrogen and oxygen atoms in total. The minimum absolute atomic E-state index is 0.197. The van der Waals surface area contributed by atoms with Crippen LogP contribution in [0, 0.1) is 5.92 Å². The van der Waals surface area contributed by atoms with Crippen LogP contribution in [0.1, 0.15) is 62.7 Å². The zero-order valence-electron chi connectivity index (χ0n) is 16.1. The first-order chi connectivity index (χ1) is 12.5. The lowest BCUT2D eigenvalue weighted by atomic mass is 10.0. The summed E-state index contributed by atoms with van der Waals surface area (Å²) in [5, 5.41) is 2.99. The Bertz CT molecular complexity index is 750. The van der Waals surface area contributed by atoms with Gasteiger partial charge in [0.05, 0.1) is 12.2 Å². The van der Waals surface area contributed by atoms with Crippen LogP contribution in [0.4, 0.5) is 0 Å². The van der Waals surface area contributed by atoms with E-state index in [1.54, 1.807) is 11.3 Å². The number of nitrogens with zero attached hydrogens (tertiary/aromatic N) is 2. The minimum atomic E-state index is 0.197. The molecule has 1 aliphatic carbocycles. The molecule has 2 aromatic rings. The third-order valence-corrected chi connectivity index (χ3v) is 5.53. The first kappa shape index (κ1) is 18.9. The summed E-state index contributed by atoms with van der Waals surface area (Å²) in [6.07, 6.45) is 2.07. The summed E-state index contributed by atoms with van der Waals surface area (Å²) in [5.41, 5.74) is 2.17. The zero-order valence-corrected chi connectivity index (χ0v) is 16.9. The van der Waals surface area contributed by atoms with E-state index in [1.807, 2.05) is 28.5 Å². The maximum absolute atomic E-state index is 12.4. The number of hydrogen-bond acceptors (Lipinski definition) is 4. The monoisotopic (exact) mass is 372 g/mol. The van der Waals surface area contributed by atoms with Gasteiger partial charge in [0.2, 0.25) is 5.91 Å². The molecule has 1 heterocycles. The van der Waals surface area contributed by atoms with Crippen LogP contribution in [0.5, 0.6) is 5.75 Å². The molecule has 5 heteroatoms. The van der Waals surface area contributed by atoms with Crippen molar-refractivity contribution in [2.24, 2.45) is 5.92 Å². The molecule has 0 atom stereocenters. The number of rotatable bonds is 8. The van der Waals surface area contributed by atoms with Gasteiger partial charge >= 0.3 is 0 Å². The summed E-state index contributed by atoms with van der Waals surface area (Å²) < 4.78 is 6.01. The van der Waals surface area contributed by atoms with Crippen LogP contribution in [0.15, 0.2) is 29.6 Å². The van der Waals surface area contributed by atoms with E-state index in [1.165, 1.54) is 5.56 Å². The van der Waals surface area contributed by atoms with E-state index in [0.717, 1.165) is 29.3 Å². The summed E-state index contributed by atoms with van der Waals surface area (Å²) in [5.74, 6) is 1.86. The van der Waals surface area contributed by atoms with Gasteiger partial charge in [-0.1, -0.05) is 32.0 Å². The highest BCUT2D eigenvalue weighted by molar-refractivity contribution is 7.09. The largest absolute Gasteiger partial charge is 0.486 e. The number of amides is 1. The van der Waals surface area contributed by atoms with Crippen molar-refractivity contribution in [3.8, 4) is 5.75 Å². The zero-order chi connectivity index (χ0) is 18.7. The fourth-order valence-corrected chi connectivity index (χ4v) is 3.67. The molecule has 1 aromatic carbocycles. The van der Waals surface area contributed by atoms with E-state index in [2.05, 4.69) is 38.7 Å². The predicted molar refractivity (Wildman–Crippen MR) is 105 cm³/mol. The van der Waals surface area contributed by atoms with Gasteiger partial charge in [0.1, 0.15) is 17.4 Å². The number of hydrogen-bond donors (Lipinski definition) is 0. The van der Waals surface area contributed by atoms with Crippen molar-refractivity contribution in [3.63, 3.8) is 0 Å². The molecule has 1 amide bonds. The lowest BCUT2D eigenvalue weighted by molar-refractivity contribution is -0.135. The van der Waals surface area contributed by atoms with Gasteiger partial charge < -0.3 is 9.64 Å². The van der Waals surface area contributed by atoms with Crippen molar-refractivity contribution in [3.05, 3.63) is 45.9 Å². The highest BCUT2D eigenvalue weighted by Crippen LogP contribution is 2.32. The van der Waals surface area contributed by atoms with Crippen molar-refractivity contribution in [1.82, 2.24) is 9.88 Å². The smallest absolute Gasteiger partial charge is 0.226 e. The maximum Gasteiger partial charge on any atom is 0.226 e. The number of para-hydroxylation sites is 1. The summed E-state index contributed by atoms with van der Waals surface area (Å²) in [4.78, 5) is 19.1. The van der Waals surface area contributed by atoms with Crippen LogP contribution in [0.2, 0.25) is 0 Å². The van der Waals surface area contributed by atoms with Gasteiger partial charge in [0.25, 0.3) is 0 Å². The molecule has 26 heavy (non-hydrogen) atoms. The Morgan fingerprint density at radius 1 is 1.27 bits per heavy atom. The second-order valence-corrected chi connectivity index (χ2v) is 8.49. The summed E-state index contributed by atoms with van der Waals surface area (Å²) in [6.45, 7) is 9.53. The van der Waals surface area contributed by atoms with E-state index in [-0.39, 0.29) is 17.9 Å². The highest BCUT2D eigenvalue weighted by atomic mass is 32.1. The number of aromatic nitrogens is 1. The molecule has 3 rings (SSSR count). The van der Waals surface area contributed by atoms with Crippen LogP contribution in [0.3, 0.4) is 0 Å². The molecule has 1 fully saturated rings. The number of thiazole rings is 1. The quantitative estimate of drug-likeness (QED) is 0.655. The van der Waals surface area contributed by atoms with E-state index in [9.17, 15) is 4.79 Å². The summed E-state index contributed by atoms with van der Waals surface area (Å²) in [6, 6.07) is 8.36. The Kier molecular flexibility index (Phi) is 5.97. The number of ether oxygens (including phenoxy) is 1. The molecular weight excluding hydrogens is 344 g/mol. The molecule has 1 saturated carbocycles. The Morgan fingerprint density at radius 2 is 2.00 bits per heavy atom. The molecule has 1 aliphatic rings. The Hall–Kier alpha value is -1.88. The molecule has 1 aromatic heterocycles. The molecule has 0 bridgehead atoms. The van der Waals surface area contributed by atoms with Crippen molar-refractivity contribution >= 4 is 17.2 Å². The Labute approximate surface area is 160 Å². The molecule has 0 aliphatic heterocycles. The van der Waals surface area contributed by atoms with Crippen LogP contribution in [-0.4, -0.2) is 21.8 Å². The molecule has 0 spiro atoms. The average Bonchev–Trinajstić information content (AvgIpc) is 3.37. The van der Waals surface area contributed by atoms with E-state index < -0.39 is 0 Å². The average molecular weight is 373 g/mol. The van der Waals surface area contributed by atoms with Gasteiger partial charge in [0.15, 0.2) is 0 Å². The number of carbonyl (C=O) groups excluding carboxylic acids is 1. The highest BCUT2D eigenvalue weighted by Gasteiger charge is 2.34. The molecule has 140 valence electrons. The number of carbonyl (C=O) groups is 1. The third kappa shape index (κ3) is 4.64. The van der Waals surface area contributed by atoms with Crippen molar-refractivity contribution in [2.75, 3.05) is 0 Å². The normalized spacial score (nSPS) is 14.1. The van der Waals surface area contributed by atoms with Gasteiger partial charge in [-0.15, -0.1) is 11.3 Å². The molecule has 0 N–H and O–H groups in total. The van der Waals surface area contributed by atoms with Gasteiger partial charge in [-0.2, -0.15) is 0 Å². The second kappa shape index (κ2) is 8.21. The fourth-order valence-electron chi connectivity index (χ4n) is 2.97. The van der Waals surface area contributed by atoms with Crippen LogP contribution < -0.4 is 4.74 Å². The maximum atomic E-state index is 12.4. The Balaban J connectivity index is 1.62. The van der Waals surface area contributed by atoms with Crippen molar-refractivity contribution in [2.45, 2.75) is 65.6 Å². The van der Waals surface area contributed by atoms with Crippen molar-refractivity contribution in [1.29, 1.82) is 0 Å². The van der Waals surface area contributed by atoms with Crippen LogP contribution in [-0.2, 0) is 17.9 Å². The SMILES string of the molecule is CC(C)c1ccccc1OCc1nc(CN(C(=O)C2CC2)C(C)C)cs1. The lowest BCUT2D eigenvalue weighted by Gasteiger charge is -2.26. The minimum Gasteiger partial charge on any atom is -0.486 e. The fraction of sp³-hybridized carbons (Fsp3) is 0.524. The lowest BCUT2D eigenvalue weighted by Crippen LogP contribution is -2.37. The number of benzene rings is 1. The molecule has 0 unspecified atom stereocenters. The van der Waals surface area contributed by atoms with E-state index in [0.29, 0.717) is 19.1 Å². The molecule has 0 saturated heterocycles. The Morgan fingerprint density at radius 3 is 2.65 bits per heavy atom. The van der Waals surface area contributed by atoms with Gasteiger partial charge in [0, 0.05) is 17.3 Å². The van der Waals surface area contributed by atoms with E-state index in [4.69, 9.17) is 4.74 Å². The first-order valence-corrected chi connectivity index (χ1v) is 10.3. The standard InChI is InChI=1S/C21H28N2O2S/c1-14(2)18-7-5-6-8-19(18)25-12-20-22-17(13-26-20)11-23(15(3)4)21(24)16-9-10-16/h5-8,13-16H,9-12H2,1-4H3. The predicted octanol–water partition coefficient (Wildman–Crippen LogP) is 4.99. The third-order valence-electron chi connectivity index (χ3n) is 4.66. The van der Waals surface area contributed by atoms with Gasteiger partial charge in [-0.05, 0) is 44.2 Å². The van der Waals surface area contributed by atoms with Crippen molar-refractivity contribution < 1.29 is 9.53 Å². The summed E-state index contributed by atoms with van der Waals surface area (Å²) in [7, 11) is 0. The topological polar surface area (TPSA) is 42.4 Å². The summed E-state index contributed by atoms with van der Waals surface area (Å²) >= 11 is 1.60. The molecular formula is C21H28N2O2S. The second-order valence-electron chi connectivity index (χ2n) is 7.55. The van der Waals surface area contributed by atoms with Gasteiger partial charge in [-0.25, -0.2) is 4.98 Å².